The van der Waals surface area contributed by atoms with Gasteiger partial charge in [-0.15, -0.1) is 11.8 Å². The monoisotopic (exact) mass is 258 g/mol. The van der Waals surface area contributed by atoms with Crippen LogP contribution in [0.3, 0.4) is 0 Å². The highest BCUT2D eigenvalue weighted by atomic mass is 79.9. The van der Waals surface area contributed by atoms with Crippen LogP contribution in [0.1, 0.15) is 24.2 Å². The molecule has 0 atom stereocenters. The van der Waals surface area contributed by atoms with Gasteiger partial charge in [0, 0.05) is 20.2 Å². The molecule has 1 nitrogen and oxygen atoms in total. The van der Waals surface area contributed by atoms with E-state index in [4.69, 9.17) is 0 Å². The second-order valence-corrected chi connectivity index (χ2v) is 5.50. The van der Waals surface area contributed by atoms with Gasteiger partial charge in [0.1, 0.15) is 0 Å². The van der Waals surface area contributed by atoms with Crippen LogP contribution in [0.2, 0.25) is 0 Å². The summed E-state index contributed by atoms with van der Waals surface area (Å²) in [7, 11) is 0. The summed E-state index contributed by atoms with van der Waals surface area (Å²) in [5, 5.41) is 0.494. The summed E-state index contributed by atoms with van der Waals surface area (Å²) in [6.07, 6.45) is 0.900. The van der Waals surface area contributed by atoms with Crippen molar-refractivity contribution in [3.05, 3.63) is 28.2 Å². The lowest BCUT2D eigenvalue weighted by molar-refractivity contribution is 0.112. The van der Waals surface area contributed by atoms with Crippen LogP contribution in [0, 0.1) is 0 Å². The van der Waals surface area contributed by atoms with Crippen molar-refractivity contribution in [3.63, 3.8) is 0 Å². The molecule has 70 valence electrons. The Balaban J connectivity index is 3.01. The van der Waals surface area contributed by atoms with Crippen LogP contribution >= 0.6 is 27.7 Å². The lowest BCUT2D eigenvalue weighted by Crippen LogP contribution is -1.90. The Bertz CT molecular complexity index is 310. The zero-order valence-electron chi connectivity index (χ0n) is 7.58. The SMILES string of the molecule is CC(C)Sc1cc(Br)ccc1C=O. The highest BCUT2D eigenvalue weighted by molar-refractivity contribution is 9.10. The van der Waals surface area contributed by atoms with Gasteiger partial charge in [0.2, 0.25) is 0 Å². The molecule has 0 aliphatic heterocycles. The predicted octanol–water partition coefficient (Wildman–Crippen LogP) is 3.76. The first-order valence-electron chi connectivity index (χ1n) is 4.05. The molecule has 1 rings (SSSR count). The topological polar surface area (TPSA) is 17.1 Å². The van der Waals surface area contributed by atoms with Crippen molar-refractivity contribution >= 4 is 34.0 Å². The van der Waals surface area contributed by atoms with Crippen molar-refractivity contribution in [2.45, 2.75) is 24.0 Å². The van der Waals surface area contributed by atoms with Crippen molar-refractivity contribution in [1.29, 1.82) is 0 Å². The number of hydrogen-bond acceptors (Lipinski definition) is 2. The van der Waals surface area contributed by atoms with E-state index in [0.29, 0.717) is 5.25 Å². The Hall–Kier alpha value is -0.280. The van der Waals surface area contributed by atoms with E-state index >= 15 is 0 Å². The molecule has 0 amide bonds. The third kappa shape index (κ3) is 3.16. The fraction of sp³-hybridized carbons (Fsp3) is 0.300. The molecule has 0 fully saturated rings. The lowest BCUT2D eigenvalue weighted by atomic mass is 10.2. The molecule has 0 saturated heterocycles. The second kappa shape index (κ2) is 4.82. The predicted molar refractivity (Wildman–Crippen MR) is 60.5 cm³/mol. The van der Waals surface area contributed by atoms with Gasteiger partial charge < -0.3 is 0 Å². The van der Waals surface area contributed by atoms with E-state index in [1.54, 1.807) is 11.8 Å². The number of hydrogen-bond donors (Lipinski definition) is 0. The zero-order chi connectivity index (χ0) is 9.84. The summed E-state index contributed by atoms with van der Waals surface area (Å²) in [4.78, 5) is 11.7. The van der Waals surface area contributed by atoms with Crippen LogP contribution in [0.15, 0.2) is 27.6 Å². The standard InChI is InChI=1S/C10H11BrOS/c1-7(2)13-10-5-9(11)4-3-8(10)6-12/h3-7H,1-2H3. The normalized spacial score (nSPS) is 10.5. The summed E-state index contributed by atoms with van der Waals surface area (Å²) in [6, 6.07) is 5.70. The Morgan fingerprint density at radius 1 is 1.46 bits per heavy atom. The molecular weight excluding hydrogens is 248 g/mol. The van der Waals surface area contributed by atoms with E-state index in [2.05, 4.69) is 29.8 Å². The average molecular weight is 259 g/mol. The molecule has 0 unspecified atom stereocenters. The number of benzene rings is 1. The number of carbonyl (C=O) groups is 1. The van der Waals surface area contributed by atoms with Crippen molar-refractivity contribution in [2.75, 3.05) is 0 Å². The summed E-state index contributed by atoms with van der Waals surface area (Å²) < 4.78 is 1.02. The molecule has 0 heterocycles. The Morgan fingerprint density at radius 2 is 2.15 bits per heavy atom. The Labute approximate surface area is 91.0 Å². The van der Waals surface area contributed by atoms with Gasteiger partial charge in [0.05, 0.1) is 0 Å². The Morgan fingerprint density at radius 3 is 2.69 bits per heavy atom. The molecule has 13 heavy (non-hydrogen) atoms. The lowest BCUT2D eigenvalue weighted by Gasteiger charge is -2.07. The minimum absolute atomic E-state index is 0.494. The molecule has 3 heteroatoms. The third-order valence-corrected chi connectivity index (χ3v) is 3.04. The van der Waals surface area contributed by atoms with E-state index in [1.165, 1.54) is 0 Å². The minimum Gasteiger partial charge on any atom is -0.298 e. The van der Waals surface area contributed by atoms with Crippen molar-refractivity contribution < 1.29 is 4.79 Å². The van der Waals surface area contributed by atoms with E-state index in [0.717, 1.165) is 21.2 Å². The molecule has 0 aromatic heterocycles. The molecule has 0 radical (unpaired) electrons. The number of aldehydes is 1. The van der Waals surface area contributed by atoms with E-state index in [9.17, 15) is 4.79 Å². The zero-order valence-corrected chi connectivity index (χ0v) is 9.98. The van der Waals surface area contributed by atoms with Crippen LogP contribution in [0.4, 0.5) is 0 Å². The maximum Gasteiger partial charge on any atom is 0.151 e. The maximum atomic E-state index is 10.7. The second-order valence-electron chi connectivity index (χ2n) is 2.97. The van der Waals surface area contributed by atoms with E-state index in [1.807, 2.05) is 18.2 Å². The quantitative estimate of drug-likeness (QED) is 0.607. The first-order valence-corrected chi connectivity index (χ1v) is 5.72. The number of thioether (sulfide) groups is 1. The van der Waals surface area contributed by atoms with Gasteiger partial charge in [-0.3, -0.25) is 4.79 Å². The smallest absolute Gasteiger partial charge is 0.151 e. The third-order valence-electron chi connectivity index (χ3n) is 1.47. The fourth-order valence-corrected chi connectivity index (χ4v) is 2.43. The molecule has 0 spiro atoms. The van der Waals surface area contributed by atoms with Gasteiger partial charge in [0.25, 0.3) is 0 Å². The first-order chi connectivity index (χ1) is 6.13. The van der Waals surface area contributed by atoms with Gasteiger partial charge >= 0.3 is 0 Å². The van der Waals surface area contributed by atoms with Crippen molar-refractivity contribution in [1.82, 2.24) is 0 Å². The van der Waals surface area contributed by atoms with Crippen LogP contribution < -0.4 is 0 Å². The molecule has 0 bridgehead atoms. The number of halogens is 1. The summed E-state index contributed by atoms with van der Waals surface area (Å²) in [5.41, 5.74) is 0.766. The summed E-state index contributed by atoms with van der Waals surface area (Å²) in [6.45, 7) is 4.22. The van der Waals surface area contributed by atoms with E-state index < -0.39 is 0 Å². The highest BCUT2D eigenvalue weighted by Gasteiger charge is 2.04. The molecule has 1 aromatic rings. The van der Waals surface area contributed by atoms with Gasteiger partial charge in [-0.25, -0.2) is 0 Å². The van der Waals surface area contributed by atoms with Crippen LogP contribution in [0.5, 0.6) is 0 Å². The molecule has 0 N–H and O–H groups in total. The molecule has 1 aromatic carbocycles. The average Bonchev–Trinajstić information content (AvgIpc) is 2.03. The van der Waals surface area contributed by atoms with Crippen molar-refractivity contribution in [3.8, 4) is 0 Å². The number of carbonyl (C=O) groups excluding carboxylic acids is 1. The largest absolute Gasteiger partial charge is 0.298 e. The van der Waals surface area contributed by atoms with Crippen LogP contribution in [-0.2, 0) is 0 Å². The molecule has 0 saturated carbocycles. The van der Waals surface area contributed by atoms with Crippen LogP contribution in [0.25, 0.3) is 0 Å². The van der Waals surface area contributed by atoms with E-state index in [-0.39, 0.29) is 0 Å². The van der Waals surface area contributed by atoms with Gasteiger partial charge in [-0.1, -0.05) is 29.8 Å². The molecule has 0 aliphatic carbocycles. The van der Waals surface area contributed by atoms with Gasteiger partial charge in [-0.2, -0.15) is 0 Å². The maximum absolute atomic E-state index is 10.7. The fourth-order valence-electron chi connectivity index (χ4n) is 0.962. The minimum atomic E-state index is 0.494. The van der Waals surface area contributed by atoms with Gasteiger partial charge in [0.15, 0.2) is 6.29 Å². The summed E-state index contributed by atoms with van der Waals surface area (Å²) in [5.74, 6) is 0. The Kier molecular flexibility index (Phi) is 4.00. The summed E-state index contributed by atoms with van der Waals surface area (Å²) >= 11 is 5.09. The molecule has 0 aliphatic rings. The molecular formula is C10H11BrOS. The van der Waals surface area contributed by atoms with Crippen LogP contribution in [-0.4, -0.2) is 11.5 Å². The first kappa shape index (κ1) is 10.8. The van der Waals surface area contributed by atoms with Gasteiger partial charge in [-0.05, 0) is 18.2 Å². The highest BCUT2D eigenvalue weighted by Crippen LogP contribution is 2.28. The van der Waals surface area contributed by atoms with Crippen molar-refractivity contribution in [2.24, 2.45) is 0 Å². The number of rotatable bonds is 3.